The van der Waals surface area contributed by atoms with Crippen LogP contribution in [0.2, 0.25) is 0 Å². The van der Waals surface area contributed by atoms with E-state index in [0.717, 1.165) is 13.0 Å². The highest BCUT2D eigenvalue weighted by atomic mass is 16.5. The van der Waals surface area contributed by atoms with Crippen LogP contribution >= 0.6 is 0 Å². The van der Waals surface area contributed by atoms with Crippen molar-refractivity contribution in [1.29, 1.82) is 0 Å². The fourth-order valence-corrected chi connectivity index (χ4v) is 1.66. The third-order valence-corrected chi connectivity index (χ3v) is 3.17. The van der Waals surface area contributed by atoms with Crippen LogP contribution in [0.1, 0.15) is 47.0 Å². The van der Waals surface area contributed by atoms with Gasteiger partial charge >= 0.3 is 5.97 Å². The number of hydrogen-bond donors (Lipinski definition) is 2. The second-order valence-corrected chi connectivity index (χ2v) is 4.82. The molecule has 0 heterocycles. The van der Waals surface area contributed by atoms with Crippen molar-refractivity contribution in [3.05, 3.63) is 0 Å². The Kier molecular flexibility index (Phi) is 8.17. The van der Waals surface area contributed by atoms with Gasteiger partial charge < -0.3 is 9.84 Å². The smallest absolute Gasteiger partial charge is 0.323 e. The molecule has 0 spiro atoms. The van der Waals surface area contributed by atoms with Gasteiger partial charge in [0.1, 0.15) is 5.54 Å². The third-order valence-electron chi connectivity index (χ3n) is 3.17. The number of aliphatic carboxylic acids is 1. The number of nitrogens with one attached hydrogen (secondary N) is 1. The average Bonchev–Trinajstić information content (AvgIpc) is 2.28. The van der Waals surface area contributed by atoms with Gasteiger partial charge in [-0.25, -0.2) is 0 Å². The number of carbonyl (C=O) groups is 1. The molecule has 0 saturated heterocycles. The summed E-state index contributed by atoms with van der Waals surface area (Å²) >= 11 is 0. The summed E-state index contributed by atoms with van der Waals surface area (Å²) in [6.07, 6.45) is 2.22. The second-order valence-electron chi connectivity index (χ2n) is 4.82. The monoisotopic (exact) mass is 245 g/mol. The summed E-state index contributed by atoms with van der Waals surface area (Å²) in [5.41, 5.74) is -0.790. The first kappa shape index (κ1) is 16.4. The van der Waals surface area contributed by atoms with Crippen molar-refractivity contribution < 1.29 is 14.6 Å². The lowest BCUT2D eigenvalue weighted by Crippen LogP contribution is -2.52. The van der Waals surface area contributed by atoms with Crippen molar-refractivity contribution >= 4 is 5.97 Å². The Balaban J connectivity index is 3.80. The summed E-state index contributed by atoms with van der Waals surface area (Å²) in [5, 5.41) is 12.3. The van der Waals surface area contributed by atoms with E-state index in [-0.39, 0.29) is 0 Å². The molecule has 4 heteroatoms. The first-order chi connectivity index (χ1) is 7.98. The van der Waals surface area contributed by atoms with Gasteiger partial charge in [0.25, 0.3) is 0 Å². The van der Waals surface area contributed by atoms with Gasteiger partial charge in [0.2, 0.25) is 0 Å². The Hall–Kier alpha value is -0.610. The van der Waals surface area contributed by atoms with Crippen LogP contribution in [0.25, 0.3) is 0 Å². The molecule has 0 bridgehead atoms. The summed E-state index contributed by atoms with van der Waals surface area (Å²) in [6.45, 7) is 10.0. The first-order valence-corrected chi connectivity index (χ1v) is 6.54. The molecule has 0 aliphatic carbocycles. The standard InChI is InChI=1S/C13H27NO3/c1-5-13(6-2,12(15)16)14-8-10-17-9-7-11(3)4/h11,14H,5-10H2,1-4H3,(H,15,16). The minimum absolute atomic E-state index is 0.571. The molecule has 0 unspecified atom stereocenters. The van der Waals surface area contributed by atoms with E-state index >= 15 is 0 Å². The molecule has 0 amide bonds. The fourth-order valence-electron chi connectivity index (χ4n) is 1.66. The maximum Gasteiger partial charge on any atom is 0.323 e. The number of rotatable bonds is 10. The predicted octanol–water partition coefficient (Wildman–Crippen LogP) is 2.28. The minimum atomic E-state index is -0.790. The van der Waals surface area contributed by atoms with Crippen LogP contribution in [0.4, 0.5) is 0 Å². The van der Waals surface area contributed by atoms with E-state index in [2.05, 4.69) is 19.2 Å². The zero-order valence-electron chi connectivity index (χ0n) is 11.6. The molecular formula is C13H27NO3. The number of carboxylic acid groups (broad SMARTS) is 1. The van der Waals surface area contributed by atoms with Crippen molar-refractivity contribution in [2.75, 3.05) is 19.8 Å². The lowest BCUT2D eigenvalue weighted by Gasteiger charge is -2.28. The molecule has 0 aliphatic rings. The molecule has 4 nitrogen and oxygen atoms in total. The van der Waals surface area contributed by atoms with Crippen LogP contribution in [-0.4, -0.2) is 36.4 Å². The van der Waals surface area contributed by atoms with E-state index in [1.165, 1.54) is 0 Å². The molecule has 0 aromatic carbocycles. The number of ether oxygens (including phenoxy) is 1. The van der Waals surface area contributed by atoms with E-state index in [4.69, 9.17) is 4.74 Å². The van der Waals surface area contributed by atoms with Gasteiger partial charge in [-0.05, 0) is 25.2 Å². The highest BCUT2D eigenvalue weighted by molar-refractivity contribution is 5.78. The summed E-state index contributed by atoms with van der Waals surface area (Å²) in [5.74, 6) is -0.128. The highest BCUT2D eigenvalue weighted by Crippen LogP contribution is 2.14. The predicted molar refractivity (Wildman–Crippen MR) is 69.2 cm³/mol. The maximum atomic E-state index is 11.2. The van der Waals surface area contributed by atoms with Crippen molar-refractivity contribution in [3.63, 3.8) is 0 Å². The molecule has 0 atom stereocenters. The van der Waals surface area contributed by atoms with Gasteiger partial charge in [-0.15, -0.1) is 0 Å². The van der Waals surface area contributed by atoms with Crippen LogP contribution in [0.3, 0.4) is 0 Å². The summed E-state index contributed by atoms with van der Waals surface area (Å²) in [7, 11) is 0. The fraction of sp³-hybridized carbons (Fsp3) is 0.923. The van der Waals surface area contributed by atoms with Gasteiger partial charge in [-0.3, -0.25) is 10.1 Å². The molecule has 102 valence electrons. The molecule has 0 saturated carbocycles. The van der Waals surface area contributed by atoms with Crippen molar-refractivity contribution in [1.82, 2.24) is 5.32 Å². The Bertz CT molecular complexity index is 213. The van der Waals surface area contributed by atoms with Crippen LogP contribution in [0.5, 0.6) is 0 Å². The summed E-state index contributed by atoms with van der Waals surface area (Å²) in [4.78, 5) is 11.2. The SMILES string of the molecule is CCC(CC)(NCCOCCC(C)C)C(=O)O. The first-order valence-electron chi connectivity index (χ1n) is 6.54. The molecule has 2 N–H and O–H groups in total. The van der Waals surface area contributed by atoms with Crippen LogP contribution in [0.15, 0.2) is 0 Å². The van der Waals surface area contributed by atoms with E-state index in [9.17, 15) is 9.90 Å². The van der Waals surface area contributed by atoms with Crippen molar-refractivity contribution in [3.8, 4) is 0 Å². The normalized spacial score (nSPS) is 12.1. The molecule has 0 fully saturated rings. The van der Waals surface area contributed by atoms with E-state index in [1.54, 1.807) is 0 Å². The number of hydrogen-bond acceptors (Lipinski definition) is 3. The van der Waals surface area contributed by atoms with Gasteiger partial charge in [-0.1, -0.05) is 27.7 Å². The summed E-state index contributed by atoms with van der Waals surface area (Å²) in [6, 6.07) is 0. The van der Waals surface area contributed by atoms with Gasteiger partial charge in [0.05, 0.1) is 6.61 Å². The quantitative estimate of drug-likeness (QED) is 0.580. The molecule has 0 radical (unpaired) electrons. The summed E-state index contributed by atoms with van der Waals surface area (Å²) < 4.78 is 5.45. The molecule has 17 heavy (non-hydrogen) atoms. The van der Waals surface area contributed by atoms with Crippen LogP contribution in [0, 0.1) is 5.92 Å². The van der Waals surface area contributed by atoms with Crippen molar-refractivity contribution in [2.45, 2.75) is 52.5 Å². The van der Waals surface area contributed by atoms with E-state index in [1.807, 2.05) is 13.8 Å². The third kappa shape index (κ3) is 6.03. The average molecular weight is 245 g/mol. The lowest BCUT2D eigenvalue weighted by molar-refractivity contribution is -0.145. The topological polar surface area (TPSA) is 58.6 Å². The van der Waals surface area contributed by atoms with Gasteiger partial charge in [-0.2, -0.15) is 0 Å². The van der Waals surface area contributed by atoms with Crippen LogP contribution in [-0.2, 0) is 9.53 Å². The Morgan fingerprint density at radius 1 is 1.29 bits per heavy atom. The van der Waals surface area contributed by atoms with Crippen molar-refractivity contribution in [2.24, 2.45) is 5.92 Å². The molecule has 0 rings (SSSR count). The molecule has 0 aliphatic heterocycles. The molecule has 0 aromatic heterocycles. The Morgan fingerprint density at radius 3 is 2.29 bits per heavy atom. The van der Waals surface area contributed by atoms with E-state index in [0.29, 0.717) is 31.9 Å². The lowest BCUT2D eigenvalue weighted by atomic mass is 9.93. The highest BCUT2D eigenvalue weighted by Gasteiger charge is 2.33. The Morgan fingerprint density at radius 2 is 1.88 bits per heavy atom. The maximum absolute atomic E-state index is 11.2. The van der Waals surface area contributed by atoms with Gasteiger partial charge in [0.15, 0.2) is 0 Å². The van der Waals surface area contributed by atoms with Gasteiger partial charge in [0, 0.05) is 13.2 Å². The van der Waals surface area contributed by atoms with Crippen LogP contribution < -0.4 is 5.32 Å². The zero-order chi connectivity index (χ0) is 13.3. The zero-order valence-corrected chi connectivity index (χ0v) is 11.6. The Labute approximate surface area is 105 Å². The van der Waals surface area contributed by atoms with E-state index < -0.39 is 11.5 Å². The largest absolute Gasteiger partial charge is 0.480 e. The molecule has 0 aromatic rings. The minimum Gasteiger partial charge on any atom is -0.480 e. The second kappa shape index (κ2) is 8.48. The molecular weight excluding hydrogens is 218 g/mol. The number of carboxylic acids is 1.